The van der Waals surface area contributed by atoms with Gasteiger partial charge in [0.05, 0.1) is 5.75 Å². The molecule has 7 heteroatoms. The highest BCUT2D eigenvalue weighted by molar-refractivity contribution is 14.0. The molecule has 0 aromatic carbocycles. The second-order valence-electron chi connectivity index (χ2n) is 8.88. The van der Waals surface area contributed by atoms with E-state index in [0.717, 1.165) is 25.3 Å². The van der Waals surface area contributed by atoms with Gasteiger partial charge < -0.3 is 10.6 Å². The standard InChI is InChI=1S/C18H39N3O2S.HI/c1-9-19-16(21-15(2)10-11-17(3,4)5)20-14-18(6,7)12-13-24(8,22)23;/h15H,9-14H2,1-8H3,(H2,19,20,21);1H. The number of rotatable bonds is 9. The lowest BCUT2D eigenvalue weighted by Crippen LogP contribution is -2.43. The van der Waals surface area contributed by atoms with Gasteiger partial charge in [0, 0.05) is 25.4 Å². The number of sulfone groups is 1. The van der Waals surface area contributed by atoms with E-state index in [1.54, 1.807) is 0 Å². The van der Waals surface area contributed by atoms with E-state index in [9.17, 15) is 8.42 Å². The number of halogens is 1. The Labute approximate surface area is 173 Å². The predicted molar refractivity (Wildman–Crippen MR) is 121 cm³/mol. The Morgan fingerprint density at radius 1 is 1.12 bits per heavy atom. The summed E-state index contributed by atoms with van der Waals surface area (Å²) in [6.07, 6.45) is 4.15. The summed E-state index contributed by atoms with van der Waals surface area (Å²) in [5.41, 5.74) is 0.194. The fourth-order valence-corrected chi connectivity index (χ4v) is 3.03. The zero-order chi connectivity index (χ0) is 19.0. The molecule has 0 radical (unpaired) electrons. The topological polar surface area (TPSA) is 70.6 Å². The molecule has 0 saturated carbocycles. The van der Waals surface area contributed by atoms with Crippen LogP contribution in [0, 0.1) is 10.8 Å². The van der Waals surface area contributed by atoms with Crippen LogP contribution in [0.2, 0.25) is 0 Å². The van der Waals surface area contributed by atoms with Crippen LogP contribution in [-0.2, 0) is 9.84 Å². The summed E-state index contributed by atoms with van der Waals surface area (Å²) in [6.45, 7) is 16.5. The molecule has 0 rings (SSSR count). The van der Waals surface area contributed by atoms with Crippen LogP contribution in [0.1, 0.15) is 67.7 Å². The lowest BCUT2D eigenvalue weighted by atomic mass is 9.89. The first-order valence-corrected chi connectivity index (χ1v) is 11.0. The third-order valence-corrected chi connectivity index (χ3v) is 4.82. The summed E-state index contributed by atoms with van der Waals surface area (Å²) in [6, 6.07) is 0.348. The highest BCUT2D eigenvalue weighted by atomic mass is 127. The third-order valence-electron chi connectivity index (χ3n) is 3.87. The minimum atomic E-state index is -2.93. The van der Waals surface area contributed by atoms with Crippen LogP contribution in [-0.4, -0.2) is 45.5 Å². The van der Waals surface area contributed by atoms with Gasteiger partial charge in [-0.3, -0.25) is 4.99 Å². The van der Waals surface area contributed by atoms with E-state index < -0.39 is 9.84 Å². The van der Waals surface area contributed by atoms with E-state index in [1.807, 2.05) is 6.92 Å². The molecule has 5 nitrogen and oxygen atoms in total. The van der Waals surface area contributed by atoms with Crippen LogP contribution in [0.3, 0.4) is 0 Å². The van der Waals surface area contributed by atoms with Crippen LogP contribution in [0.25, 0.3) is 0 Å². The maximum absolute atomic E-state index is 11.4. The summed E-state index contributed by atoms with van der Waals surface area (Å²) in [4.78, 5) is 4.67. The minimum Gasteiger partial charge on any atom is -0.357 e. The Balaban J connectivity index is 0. The molecule has 1 atom stereocenters. The molecule has 0 spiro atoms. The highest BCUT2D eigenvalue weighted by Crippen LogP contribution is 2.22. The van der Waals surface area contributed by atoms with Gasteiger partial charge in [0.1, 0.15) is 9.84 Å². The van der Waals surface area contributed by atoms with Crippen LogP contribution >= 0.6 is 24.0 Å². The molecule has 0 aromatic rings. The molecular weight excluding hydrogens is 449 g/mol. The molecule has 0 aromatic heterocycles. The largest absolute Gasteiger partial charge is 0.357 e. The first kappa shape index (κ1) is 27.2. The van der Waals surface area contributed by atoms with Gasteiger partial charge in [-0.05, 0) is 43.9 Å². The Hall–Kier alpha value is -0.0500. The third kappa shape index (κ3) is 17.1. The van der Waals surface area contributed by atoms with Crippen LogP contribution < -0.4 is 10.6 Å². The number of nitrogens with one attached hydrogen (secondary N) is 2. The summed E-state index contributed by atoms with van der Waals surface area (Å²) >= 11 is 0. The molecule has 25 heavy (non-hydrogen) atoms. The van der Waals surface area contributed by atoms with Gasteiger partial charge in [0.2, 0.25) is 0 Å². The van der Waals surface area contributed by atoms with E-state index in [-0.39, 0.29) is 35.1 Å². The Morgan fingerprint density at radius 3 is 2.12 bits per heavy atom. The zero-order valence-electron chi connectivity index (χ0n) is 17.4. The summed E-state index contributed by atoms with van der Waals surface area (Å²) in [7, 11) is -2.93. The highest BCUT2D eigenvalue weighted by Gasteiger charge is 2.20. The van der Waals surface area contributed by atoms with Crippen LogP contribution in [0.4, 0.5) is 0 Å². The average molecular weight is 490 g/mol. The van der Waals surface area contributed by atoms with E-state index in [4.69, 9.17) is 0 Å². The van der Waals surface area contributed by atoms with Crippen molar-refractivity contribution < 1.29 is 8.42 Å². The molecule has 1 unspecified atom stereocenters. The molecule has 0 aliphatic carbocycles. The van der Waals surface area contributed by atoms with Gasteiger partial charge in [0.15, 0.2) is 5.96 Å². The molecule has 0 saturated heterocycles. The molecule has 0 bridgehead atoms. The monoisotopic (exact) mass is 489 g/mol. The first-order chi connectivity index (χ1) is 10.7. The van der Waals surface area contributed by atoms with Gasteiger partial charge >= 0.3 is 0 Å². The Kier molecular flexibility index (Phi) is 12.6. The molecule has 0 heterocycles. The lowest BCUT2D eigenvalue weighted by Gasteiger charge is -2.25. The molecule has 152 valence electrons. The van der Waals surface area contributed by atoms with Gasteiger partial charge in [-0.1, -0.05) is 34.6 Å². The van der Waals surface area contributed by atoms with Crippen molar-refractivity contribution in [2.24, 2.45) is 15.8 Å². The van der Waals surface area contributed by atoms with Crippen molar-refractivity contribution in [2.75, 3.05) is 25.1 Å². The molecule has 0 fully saturated rings. The SMILES string of the molecule is CCNC(=NCC(C)(C)CCS(C)(=O)=O)NC(C)CCC(C)(C)C.I. The molecule has 0 aliphatic rings. The van der Waals surface area contributed by atoms with Crippen molar-refractivity contribution in [3.05, 3.63) is 0 Å². The molecule has 0 aliphatic heterocycles. The van der Waals surface area contributed by atoms with Crippen molar-refractivity contribution in [1.29, 1.82) is 0 Å². The maximum atomic E-state index is 11.4. The second kappa shape index (κ2) is 11.6. The number of hydrogen-bond donors (Lipinski definition) is 2. The van der Waals surface area contributed by atoms with Crippen molar-refractivity contribution in [2.45, 2.75) is 73.8 Å². The van der Waals surface area contributed by atoms with Crippen molar-refractivity contribution in [3.8, 4) is 0 Å². The quantitative estimate of drug-likeness (QED) is 0.293. The summed E-state index contributed by atoms with van der Waals surface area (Å²) in [5.74, 6) is 1.02. The predicted octanol–water partition coefficient (Wildman–Crippen LogP) is 3.84. The van der Waals surface area contributed by atoms with Gasteiger partial charge in [-0.25, -0.2) is 8.42 Å². The fraction of sp³-hybridized carbons (Fsp3) is 0.944. The van der Waals surface area contributed by atoms with E-state index in [0.29, 0.717) is 24.4 Å². The molecule has 2 N–H and O–H groups in total. The first-order valence-electron chi connectivity index (χ1n) is 8.97. The molecular formula is C18H40IN3O2S. The van der Waals surface area contributed by atoms with Crippen molar-refractivity contribution >= 4 is 39.8 Å². The number of hydrogen-bond acceptors (Lipinski definition) is 3. The van der Waals surface area contributed by atoms with Gasteiger partial charge in [-0.2, -0.15) is 0 Å². The Morgan fingerprint density at radius 2 is 1.68 bits per heavy atom. The fourth-order valence-electron chi connectivity index (χ4n) is 2.11. The molecule has 0 amide bonds. The van der Waals surface area contributed by atoms with E-state index in [2.05, 4.69) is 57.2 Å². The van der Waals surface area contributed by atoms with Crippen molar-refractivity contribution in [3.63, 3.8) is 0 Å². The smallest absolute Gasteiger partial charge is 0.191 e. The lowest BCUT2D eigenvalue weighted by molar-refractivity contribution is 0.345. The average Bonchev–Trinajstić information content (AvgIpc) is 2.40. The normalized spacial score (nSPS) is 14.6. The van der Waals surface area contributed by atoms with E-state index >= 15 is 0 Å². The number of nitrogens with zero attached hydrogens (tertiary/aromatic N) is 1. The van der Waals surface area contributed by atoms with Gasteiger partial charge in [0.25, 0.3) is 0 Å². The van der Waals surface area contributed by atoms with E-state index in [1.165, 1.54) is 6.26 Å². The van der Waals surface area contributed by atoms with Gasteiger partial charge in [-0.15, -0.1) is 24.0 Å². The minimum absolute atomic E-state index is 0. The van der Waals surface area contributed by atoms with Crippen molar-refractivity contribution in [1.82, 2.24) is 10.6 Å². The zero-order valence-corrected chi connectivity index (χ0v) is 20.5. The van der Waals surface area contributed by atoms with Crippen LogP contribution in [0.5, 0.6) is 0 Å². The Bertz CT molecular complexity index is 497. The number of aliphatic imine (C=N–C) groups is 1. The maximum Gasteiger partial charge on any atom is 0.191 e. The van der Waals surface area contributed by atoms with Crippen LogP contribution in [0.15, 0.2) is 4.99 Å². The summed E-state index contributed by atoms with van der Waals surface area (Å²) in [5, 5.41) is 6.73. The summed E-state index contributed by atoms with van der Waals surface area (Å²) < 4.78 is 22.7. The second-order valence-corrected chi connectivity index (χ2v) is 11.1. The number of guanidine groups is 1.